The number of hydrogen-bond acceptors (Lipinski definition) is 5. The molecule has 3 aromatic rings. The number of ketones is 1. The van der Waals surface area contributed by atoms with Gasteiger partial charge in [0.2, 0.25) is 0 Å². The minimum atomic E-state index is -0.954. The smallest absolute Gasteiger partial charge is 0.300 e. The molecule has 0 bridgehead atoms. The van der Waals surface area contributed by atoms with Crippen LogP contribution in [0.25, 0.3) is 5.76 Å². The Hall–Kier alpha value is -3.48. The maximum atomic E-state index is 13.2. The Morgan fingerprint density at radius 2 is 1.63 bits per heavy atom. The Balaban J connectivity index is 1.83. The summed E-state index contributed by atoms with van der Waals surface area (Å²) in [7, 11) is 0. The number of carbonyl (C=O) groups excluding carboxylic acids is 2. The van der Waals surface area contributed by atoms with Gasteiger partial charge >= 0.3 is 0 Å². The second-order valence-electron chi connectivity index (χ2n) is 8.59. The minimum Gasteiger partial charge on any atom is -0.508 e. The average molecular weight is 512 g/mol. The van der Waals surface area contributed by atoms with E-state index in [9.17, 15) is 19.8 Å². The first kappa shape index (κ1) is 24.6. The zero-order valence-electron chi connectivity index (χ0n) is 19.0. The van der Waals surface area contributed by atoms with Gasteiger partial charge in [-0.3, -0.25) is 14.5 Å². The van der Waals surface area contributed by atoms with Gasteiger partial charge in [0.05, 0.1) is 28.3 Å². The van der Waals surface area contributed by atoms with Gasteiger partial charge in [-0.2, -0.15) is 0 Å². The van der Waals surface area contributed by atoms with Crippen LogP contribution in [0.2, 0.25) is 10.0 Å². The highest BCUT2D eigenvalue weighted by molar-refractivity contribution is 6.52. The lowest BCUT2D eigenvalue weighted by Crippen LogP contribution is -2.29. The van der Waals surface area contributed by atoms with Gasteiger partial charge in [0, 0.05) is 11.3 Å². The molecule has 1 unspecified atom stereocenters. The number of aromatic hydroxyl groups is 1. The molecule has 1 fully saturated rings. The summed E-state index contributed by atoms with van der Waals surface area (Å²) in [5.74, 6) is -0.976. The van der Waals surface area contributed by atoms with E-state index in [0.29, 0.717) is 40.1 Å². The molecule has 0 aromatic heterocycles. The number of phenolic OH excluding ortho intramolecular Hbond substituents is 1. The molecule has 1 aliphatic heterocycles. The van der Waals surface area contributed by atoms with Crippen LogP contribution < -0.4 is 9.64 Å². The quantitative estimate of drug-likeness (QED) is 0.228. The van der Waals surface area contributed by atoms with E-state index in [-0.39, 0.29) is 22.1 Å². The van der Waals surface area contributed by atoms with E-state index in [0.717, 1.165) is 0 Å². The lowest BCUT2D eigenvalue weighted by Gasteiger charge is -2.25. The molecular weight excluding hydrogens is 489 g/mol. The number of phenols is 1. The van der Waals surface area contributed by atoms with Crippen molar-refractivity contribution in [1.82, 2.24) is 0 Å². The fourth-order valence-corrected chi connectivity index (χ4v) is 4.13. The number of nitrogens with zero attached hydrogens (tertiary/aromatic N) is 1. The van der Waals surface area contributed by atoms with Crippen LogP contribution in [0.3, 0.4) is 0 Å². The number of Topliss-reactive ketones (excluding diaryl/α,β-unsaturated/α-hetero) is 1. The Labute approximate surface area is 213 Å². The van der Waals surface area contributed by atoms with Crippen molar-refractivity contribution in [2.75, 3.05) is 11.5 Å². The maximum Gasteiger partial charge on any atom is 0.300 e. The number of hydrogen-bond donors (Lipinski definition) is 2. The number of ether oxygens (including phenoxy) is 1. The van der Waals surface area contributed by atoms with Gasteiger partial charge in [-0.1, -0.05) is 49.2 Å². The zero-order chi connectivity index (χ0) is 25.3. The lowest BCUT2D eigenvalue weighted by molar-refractivity contribution is -0.132. The van der Waals surface area contributed by atoms with Crippen LogP contribution >= 0.6 is 23.2 Å². The molecular formula is C27H23Cl2NO5. The van der Waals surface area contributed by atoms with Gasteiger partial charge in [0.1, 0.15) is 17.3 Å². The molecule has 180 valence electrons. The first-order chi connectivity index (χ1) is 16.7. The van der Waals surface area contributed by atoms with E-state index in [2.05, 4.69) is 0 Å². The summed E-state index contributed by atoms with van der Waals surface area (Å²) in [5, 5.41) is 21.5. The summed E-state index contributed by atoms with van der Waals surface area (Å²) in [5.41, 5.74) is 1.14. The Morgan fingerprint density at radius 3 is 2.23 bits per heavy atom. The number of rotatable bonds is 6. The van der Waals surface area contributed by atoms with Crippen LogP contribution in [-0.4, -0.2) is 28.5 Å². The molecule has 3 aromatic carbocycles. The SMILES string of the molecule is CC(C)COc1ccc(/C(O)=C2\C(=O)C(=O)N(c3ccc(Cl)c(Cl)c3)C2c2ccc(O)cc2)cc1. The minimum absolute atomic E-state index is 0.0252. The van der Waals surface area contributed by atoms with Crippen molar-refractivity contribution in [3.63, 3.8) is 0 Å². The van der Waals surface area contributed by atoms with Crippen LogP contribution in [0.1, 0.15) is 31.0 Å². The van der Waals surface area contributed by atoms with Crippen molar-refractivity contribution >= 4 is 46.3 Å². The Morgan fingerprint density at radius 1 is 0.971 bits per heavy atom. The van der Waals surface area contributed by atoms with Gasteiger partial charge in [-0.15, -0.1) is 0 Å². The standard InChI is InChI=1S/C27H23Cl2NO5/c1-15(2)14-35-20-10-5-17(6-11-20)25(32)23-24(16-3-8-19(31)9-4-16)30(27(34)26(23)33)18-7-12-21(28)22(29)13-18/h3-13,15,24,31-32H,14H2,1-2H3/b25-23+. The van der Waals surface area contributed by atoms with Gasteiger partial charge in [0.25, 0.3) is 11.7 Å². The van der Waals surface area contributed by atoms with Gasteiger partial charge in [-0.25, -0.2) is 0 Å². The number of amides is 1. The summed E-state index contributed by atoms with van der Waals surface area (Å²) in [6, 6.07) is 16.4. The van der Waals surface area contributed by atoms with Crippen molar-refractivity contribution in [3.05, 3.63) is 93.5 Å². The number of carbonyl (C=O) groups is 2. The van der Waals surface area contributed by atoms with Crippen molar-refractivity contribution in [2.24, 2.45) is 5.92 Å². The van der Waals surface area contributed by atoms with E-state index < -0.39 is 17.7 Å². The fraction of sp³-hybridized carbons (Fsp3) is 0.185. The number of halogens is 2. The normalized spacial score (nSPS) is 17.3. The summed E-state index contributed by atoms with van der Waals surface area (Å²) in [6.07, 6.45) is 0. The molecule has 0 saturated carbocycles. The second kappa shape index (κ2) is 10.0. The highest BCUT2D eigenvalue weighted by Gasteiger charge is 2.47. The fourth-order valence-electron chi connectivity index (χ4n) is 3.83. The van der Waals surface area contributed by atoms with Crippen molar-refractivity contribution in [3.8, 4) is 11.5 Å². The molecule has 8 heteroatoms. The molecule has 0 spiro atoms. The lowest BCUT2D eigenvalue weighted by atomic mass is 9.95. The van der Waals surface area contributed by atoms with Crippen molar-refractivity contribution in [1.29, 1.82) is 0 Å². The topological polar surface area (TPSA) is 87.1 Å². The van der Waals surface area contributed by atoms with Crippen molar-refractivity contribution < 1.29 is 24.5 Å². The third kappa shape index (κ3) is 4.99. The molecule has 6 nitrogen and oxygen atoms in total. The summed E-state index contributed by atoms with van der Waals surface area (Å²) < 4.78 is 5.69. The zero-order valence-corrected chi connectivity index (χ0v) is 20.5. The van der Waals surface area contributed by atoms with E-state index in [4.69, 9.17) is 27.9 Å². The van der Waals surface area contributed by atoms with Crippen LogP contribution in [0.4, 0.5) is 5.69 Å². The summed E-state index contributed by atoms with van der Waals surface area (Å²) in [6.45, 7) is 4.62. The largest absolute Gasteiger partial charge is 0.508 e. The molecule has 0 radical (unpaired) electrons. The first-order valence-electron chi connectivity index (χ1n) is 11.0. The van der Waals surface area contributed by atoms with Gasteiger partial charge in [-0.05, 0) is 66.1 Å². The van der Waals surface area contributed by atoms with Crippen LogP contribution in [-0.2, 0) is 9.59 Å². The first-order valence-corrected chi connectivity index (χ1v) is 11.7. The third-order valence-electron chi connectivity index (χ3n) is 5.55. The van der Waals surface area contributed by atoms with Crippen molar-refractivity contribution in [2.45, 2.75) is 19.9 Å². The van der Waals surface area contributed by atoms with Crippen LogP contribution in [0.5, 0.6) is 11.5 Å². The van der Waals surface area contributed by atoms with Crippen LogP contribution in [0, 0.1) is 5.92 Å². The van der Waals surface area contributed by atoms with E-state index >= 15 is 0 Å². The summed E-state index contributed by atoms with van der Waals surface area (Å²) >= 11 is 12.2. The predicted octanol–water partition coefficient (Wildman–Crippen LogP) is 6.36. The molecule has 1 atom stereocenters. The Kier molecular flexibility index (Phi) is 7.05. The molecule has 1 aliphatic rings. The molecule has 0 aliphatic carbocycles. The van der Waals surface area contributed by atoms with E-state index in [1.165, 1.54) is 29.2 Å². The monoisotopic (exact) mass is 511 g/mol. The van der Waals surface area contributed by atoms with Gasteiger partial charge < -0.3 is 14.9 Å². The van der Waals surface area contributed by atoms with Gasteiger partial charge in [0.15, 0.2) is 0 Å². The molecule has 1 heterocycles. The molecule has 1 amide bonds. The second-order valence-corrected chi connectivity index (χ2v) is 9.40. The number of anilines is 1. The molecule has 35 heavy (non-hydrogen) atoms. The Bertz CT molecular complexity index is 1300. The molecule has 2 N–H and O–H groups in total. The molecule has 4 rings (SSSR count). The van der Waals surface area contributed by atoms with E-state index in [1.807, 2.05) is 13.8 Å². The van der Waals surface area contributed by atoms with E-state index in [1.54, 1.807) is 42.5 Å². The number of aliphatic hydroxyl groups excluding tert-OH is 1. The number of benzene rings is 3. The maximum absolute atomic E-state index is 13.2. The predicted molar refractivity (Wildman–Crippen MR) is 136 cm³/mol. The highest BCUT2D eigenvalue weighted by Crippen LogP contribution is 2.43. The third-order valence-corrected chi connectivity index (χ3v) is 6.28. The summed E-state index contributed by atoms with van der Waals surface area (Å²) in [4.78, 5) is 27.7. The molecule has 1 saturated heterocycles. The average Bonchev–Trinajstić information content (AvgIpc) is 3.10. The number of aliphatic hydroxyl groups is 1. The highest BCUT2D eigenvalue weighted by atomic mass is 35.5. The van der Waals surface area contributed by atoms with Crippen LogP contribution in [0.15, 0.2) is 72.3 Å².